The number of carbonyl (C=O) groups is 1. The molecule has 9 N–H and O–H groups in total. The molecule has 0 aromatic carbocycles. The highest BCUT2D eigenvalue weighted by Crippen LogP contribution is 2.30. The molecule has 2 aliphatic rings. The second kappa shape index (κ2) is 34.8. The van der Waals surface area contributed by atoms with E-state index in [2.05, 4.69) is 73.8 Å². The molecule has 356 valence electrons. The van der Waals surface area contributed by atoms with E-state index in [1.54, 1.807) is 6.08 Å². The average molecular weight is 880 g/mol. The third kappa shape index (κ3) is 22.4. The summed E-state index contributed by atoms with van der Waals surface area (Å²) in [5, 5.41) is 86.4. The van der Waals surface area contributed by atoms with E-state index < -0.39 is 86.8 Å². The van der Waals surface area contributed by atoms with Gasteiger partial charge in [-0.1, -0.05) is 138 Å². The molecule has 12 atom stereocenters. The molecule has 2 fully saturated rings. The Balaban J connectivity index is 1.92. The molecule has 0 aliphatic carbocycles. The Bertz CT molecular complexity index is 1320. The Morgan fingerprint density at radius 2 is 1.11 bits per heavy atom. The average Bonchev–Trinajstić information content (AvgIpc) is 3.27. The van der Waals surface area contributed by atoms with E-state index in [9.17, 15) is 45.6 Å². The number of hydrogen-bond acceptors (Lipinski definition) is 13. The van der Waals surface area contributed by atoms with Crippen molar-refractivity contribution in [2.75, 3.05) is 19.8 Å². The second-order valence-electron chi connectivity index (χ2n) is 16.1. The zero-order valence-corrected chi connectivity index (χ0v) is 37.3. The van der Waals surface area contributed by atoms with E-state index in [1.165, 1.54) is 38.5 Å². The van der Waals surface area contributed by atoms with Gasteiger partial charge in [-0.3, -0.25) is 4.79 Å². The van der Waals surface area contributed by atoms with E-state index in [1.807, 2.05) is 12.2 Å². The molecule has 1 amide bonds. The summed E-state index contributed by atoms with van der Waals surface area (Å²) in [4.78, 5) is 13.1. The number of carbonyl (C=O) groups excluding carboxylic acids is 1. The van der Waals surface area contributed by atoms with E-state index >= 15 is 0 Å². The Hall–Kier alpha value is -2.57. The zero-order chi connectivity index (χ0) is 45.4. The van der Waals surface area contributed by atoms with Gasteiger partial charge >= 0.3 is 0 Å². The van der Waals surface area contributed by atoms with Crippen molar-refractivity contribution in [3.63, 3.8) is 0 Å². The van der Waals surface area contributed by atoms with Gasteiger partial charge in [-0.05, 0) is 57.8 Å². The number of amides is 1. The van der Waals surface area contributed by atoms with Crippen LogP contribution in [-0.4, -0.2) is 140 Å². The molecule has 0 saturated carbocycles. The Labute approximate surface area is 370 Å². The lowest BCUT2D eigenvalue weighted by molar-refractivity contribution is -0.359. The normalized spacial score (nSPS) is 28.4. The fourth-order valence-corrected chi connectivity index (χ4v) is 7.09. The predicted molar refractivity (Wildman–Crippen MR) is 240 cm³/mol. The topological polar surface area (TPSA) is 228 Å². The Morgan fingerprint density at radius 3 is 1.69 bits per heavy atom. The molecule has 0 aromatic heterocycles. The molecular weight excluding hydrogens is 799 g/mol. The Morgan fingerprint density at radius 1 is 0.597 bits per heavy atom. The highest BCUT2D eigenvalue weighted by Gasteiger charge is 2.50. The van der Waals surface area contributed by atoms with Crippen molar-refractivity contribution in [2.24, 2.45) is 0 Å². The smallest absolute Gasteiger partial charge is 0.220 e. The maximum atomic E-state index is 13.1. The lowest BCUT2D eigenvalue weighted by atomic mass is 9.97. The molecule has 62 heavy (non-hydrogen) atoms. The lowest BCUT2D eigenvalue weighted by Gasteiger charge is -2.46. The summed E-state index contributed by atoms with van der Waals surface area (Å²) in [5.74, 6) is -0.302. The van der Waals surface area contributed by atoms with Crippen molar-refractivity contribution in [2.45, 2.75) is 203 Å². The molecule has 0 bridgehead atoms. The van der Waals surface area contributed by atoms with Gasteiger partial charge in [0.2, 0.25) is 5.91 Å². The van der Waals surface area contributed by atoms with Crippen LogP contribution in [0.4, 0.5) is 0 Å². The van der Waals surface area contributed by atoms with Crippen molar-refractivity contribution in [1.29, 1.82) is 0 Å². The first-order chi connectivity index (χ1) is 30.1. The van der Waals surface area contributed by atoms with Gasteiger partial charge in [0.1, 0.15) is 48.8 Å². The maximum Gasteiger partial charge on any atom is 0.220 e. The standard InChI is InChI=1S/C48H81NO13/c1-3-5-7-9-11-13-15-16-17-18-19-20-22-24-26-28-30-32-40(53)49-36(37(52)31-29-27-25-23-21-14-12-10-8-6-4-2)35-59-47-45(58)43(56)46(39(34-51)61-47)62-48-44(57)42(55)41(54)38(33-50)60-48/h5,7,11,13,16-17,19-20,24,26,29,31,36-39,41-48,50-52,54-58H,3-4,6,8-10,12,14-15,18,21-23,25,27-28,30,32-35H2,1-2H3,(H,49,53)/b7-5-,13-11-,17-16-,20-19-,26-24-,31-29+. The van der Waals surface area contributed by atoms with Gasteiger partial charge in [-0.25, -0.2) is 0 Å². The van der Waals surface area contributed by atoms with E-state index in [0.717, 1.165) is 57.8 Å². The number of unbranched alkanes of at least 4 members (excludes halogenated alkanes) is 10. The monoisotopic (exact) mass is 880 g/mol. The molecule has 2 saturated heterocycles. The molecule has 12 unspecified atom stereocenters. The van der Waals surface area contributed by atoms with Gasteiger partial charge in [0.05, 0.1) is 32.0 Å². The Kier molecular flexibility index (Phi) is 31.2. The summed E-state index contributed by atoms with van der Waals surface area (Å²) in [5.41, 5.74) is 0. The fraction of sp³-hybridized carbons (Fsp3) is 0.729. The van der Waals surface area contributed by atoms with Crippen LogP contribution in [0.15, 0.2) is 72.9 Å². The van der Waals surface area contributed by atoms with Crippen molar-refractivity contribution >= 4 is 5.91 Å². The van der Waals surface area contributed by atoms with Crippen molar-refractivity contribution in [3.8, 4) is 0 Å². The first kappa shape index (κ1) is 55.6. The van der Waals surface area contributed by atoms with Crippen LogP contribution >= 0.6 is 0 Å². The summed E-state index contributed by atoms with van der Waals surface area (Å²) in [6.45, 7) is 2.57. The zero-order valence-electron chi connectivity index (χ0n) is 37.3. The largest absolute Gasteiger partial charge is 0.394 e. The third-order valence-electron chi connectivity index (χ3n) is 10.9. The number of aliphatic hydroxyl groups excluding tert-OH is 8. The number of nitrogens with one attached hydrogen (secondary N) is 1. The van der Waals surface area contributed by atoms with Crippen LogP contribution in [0.3, 0.4) is 0 Å². The minimum Gasteiger partial charge on any atom is -0.394 e. The van der Waals surface area contributed by atoms with E-state index in [-0.39, 0.29) is 18.9 Å². The fourth-order valence-electron chi connectivity index (χ4n) is 7.09. The number of hydrogen-bond donors (Lipinski definition) is 9. The van der Waals surface area contributed by atoms with Crippen LogP contribution in [-0.2, 0) is 23.7 Å². The summed E-state index contributed by atoms with van der Waals surface area (Å²) in [6.07, 6.45) is 25.3. The minimum absolute atomic E-state index is 0.199. The molecule has 2 heterocycles. The molecule has 14 heteroatoms. The SMILES string of the molecule is CC/C=C\C/C=C\C/C=C\C/C=C\C/C=C\CCCC(=O)NC(COC1OC(CO)C(OC2OC(CO)C(O)C(O)C2O)C(O)C1O)C(O)/C=C/CCCCCCCCCCC. The highest BCUT2D eigenvalue weighted by atomic mass is 16.7. The molecule has 0 aromatic rings. The summed E-state index contributed by atoms with van der Waals surface area (Å²) >= 11 is 0. The molecule has 14 nitrogen and oxygen atoms in total. The highest BCUT2D eigenvalue weighted by molar-refractivity contribution is 5.76. The van der Waals surface area contributed by atoms with E-state index in [0.29, 0.717) is 12.8 Å². The number of aliphatic hydroxyl groups is 8. The summed E-state index contributed by atoms with van der Waals surface area (Å²) in [7, 11) is 0. The minimum atomic E-state index is -1.79. The van der Waals surface area contributed by atoms with Crippen LogP contribution in [0.5, 0.6) is 0 Å². The quantitative estimate of drug-likeness (QED) is 0.0317. The van der Waals surface area contributed by atoms with Crippen LogP contribution < -0.4 is 5.32 Å². The van der Waals surface area contributed by atoms with Gasteiger partial charge in [0.15, 0.2) is 12.6 Å². The predicted octanol–water partition coefficient (Wildman–Crippen LogP) is 4.87. The molecule has 0 spiro atoms. The molecule has 2 aliphatic heterocycles. The van der Waals surface area contributed by atoms with Crippen molar-refractivity contribution in [3.05, 3.63) is 72.9 Å². The van der Waals surface area contributed by atoms with Crippen LogP contribution in [0.2, 0.25) is 0 Å². The van der Waals surface area contributed by atoms with Gasteiger partial charge in [0.25, 0.3) is 0 Å². The molecular formula is C48H81NO13. The van der Waals surface area contributed by atoms with Crippen LogP contribution in [0.25, 0.3) is 0 Å². The third-order valence-corrected chi connectivity index (χ3v) is 10.9. The summed E-state index contributed by atoms with van der Waals surface area (Å²) in [6, 6.07) is -0.945. The lowest BCUT2D eigenvalue weighted by Crippen LogP contribution is -2.65. The molecule has 0 radical (unpaired) electrons. The number of ether oxygens (including phenoxy) is 4. The van der Waals surface area contributed by atoms with Gasteiger partial charge in [-0.2, -0.15) is 0 Å². The van der Waals surface area contributed by atoms with Crippen LogP contribution in [0, 0.1) is 0 Å². The van der Waals surface area contributed by atoms with Crippen molar-refractivity contribution < 1.29 is 64.6 Å². The summed E-state index contributed by atoms with van der Waals surface area (Å²) < 4.78 is 22.6. The molecule has 2 rings (SSSR count). The second-order valence-corrected chi connectivity index (χ2v) is 16.1. The maximum absolute atomic E-state index is 13.1. The first-order valence-corrected chi connectivity index (χ1v) is 23.2. The van der Waals surface area contributed by atoms with E-state index in [4.69, 9.17) is 18.9 Å². The van der Waals surface area contributed by atoms with Crippen LogP contribution in [0.1, 0.15) is 129 Å². The van der Waals surface area contributed by atoms with Gasteiger partial charge < -0.3 is 65.1 Å². The van der Waals surface area contributed by atoms with Gasteiger partial charge in [-0.15, -0.1) is 0 Å². The van der Waals surface area contributed by atoms with Gasteiger partial charge in [0, 0.05) is 6.42 Å². The van der Waals surface area contributed by atoms with Crippen molar-refractivity contribution in [1.82, 2.24) is 5.32 Å². The number of rotatable bonds is 33. The first-order valence-electron chi connectivity index (χ1n) is 23.2. The number of allylic oxidation sites excluding steroid dienone is 11.